The van der Waals surface area contributed by atoms with Crippen LogP contribution in [-0.4, -0.2) is 13.1 Å². The van der Waals surface area contributed by atoms with E-state index in [9.17, 15) is 31.1 Å². The van der Waals surface area contributed by atoms with Crippen molar-refractivity contribution >= 4 is 18.4 Å². The lowest BCUT2D eigenvalue weighted by Crippen LogP contribution is -2.16. The molecule has 0 aromatic heterocycles. The first-order chi connectivity index (χ1) is 8.96. The van der Waals surface area contributed by atoms with E-state index in [-0.39, 0.29) is 18.5 Å². The average molecular weight is 337 g/mol. The van der Waals surface area contributed by atoms with Crippen LogP contribution in [0.15, 0.2) is 18.2 Å². The highest BCUT2D eigenvalue weighted by molar-refractivity contribution is 5.85. The number of hydrogen-bond donors (Lipinski definition) is 0. The number of benzene rings is 1. The second-order valence-corrected chi connectivity index (χ2v) is 4.08. The van der Waals surface area contributed by atoms with E-state index < -0.39 is 40.9 Å². The topological polar surface area (TPSA) is 26.3 Å². The van der Waals surface area contributed by atoms with Crippen molar-refractivity contribution in [1.29, 1.82) is 0 Å². The minimum Gasteiger partial charge on any atom is -0.469 e. The summed E-state index contributed by atoms with van der Waals surface area (Å²) in [6.45, 7) is 1.17. The summed E-state index contributed by atoms with van der Waals surface area (Å²) in [5.41, 5.74) is -3.32. The number of esters is 1. The van der Waals surface area contributed by atoms with E-state index in [0.717, 1.165) is 7.11 Å². The molecule has 1 atom stereocenters. The molecule has 0 aliphatic rings. The molecule has 1 unspecified atom stereocenters. The molecule has 0 N–H and O–H groups in total. The number of methoxy groups -OCH3 is 1. The van der Waals surface area contributed by atoms with Gasteiger partial charge in [-0.3, -0.25) is 4.79 Å². The molecule has 0 bridgehead atoms. The van der Waals surface area contributed by atoms with Crippen LogP contribution in [0.4, 0.5) is 26.3 Å². The standard InChI is InChI=1S/C12H10F6O2.ClH/c1-6(10(19)20-2)7-3-8(11(13,14)15)5-9(4-7)12(16,17)18;/h3-6H,1-2H3;1H. The monoisotopic (exact) mass is 336 g/mol. The van der Waals surface area contributed by atoms with E-state index in [1.807, 2.05) is 0 Å². The third-order valence-electron chi connectivity index (χ3n) is 2.66. The van der Waals surface area contributed by atoms with E-state index >= 15 is 0 Å². The summed E-state index contributed by atoms with van der Waals surface area (Å²) in [6.07, 6.45) is -9.88. The van der Waals surface area contributed by atoms with Gasteiger partial charge in [0.25, 0.3) is 0 Å². The van der Waals surface area contributed by atoms with Crippen LogP contribution in [0.25, 0.3) is 0 Å². The third kappa shape index (κ3) is 4.80. The molecular weight excluding hydrogens is 326 g/mol. The van der Waals surface area contributed by atoms with Gasteiger partial charge in [-0.2, -0.15) is 26.3 Å². The summed E-state index contributed by atoms with van der Waals surface area (Å²) in [5, 5.41) is 0. The Labute approximate surface area is 122 Å². The molecule has 0 fully saturated rings. The number of ether oxygens (including phenoxy) is 1. The SMILES string of the molecule is COC(=O)C(C)c1cc(C(F)(F)F)cc(C(F)(F)F)c1.Cl. The van der Waals surface area contributed by atoms with Gasteiger partial charge in [0, 0.05) is 0 Å². The van der Waals surface area contributed by atoms with Crippen LogP contribution >= 0.6 is 12.4 Å². The van der Waals surface area contributed by atoms with Crippen molar-refractivity contribution in [2.24, 2.45) is 0 Å². The van der Waals surface area contributed by atoms with Crippen molar-refractivity contribution in [1.82, 2.24) is 0 Å². The quantitative estimate of drug-likeness (QED) is 0.590. The molecule has 0 saturated heterocycles. The molecular formula is C12H11ClF6O2. The van der Waals surface area contributed by atoms with Gasteiger partial charge in [-0.25, -0.2) is 0 Å². The summed E-state index contributed by atoms with van der Waals surface area (Å²) in [5.74, 6) is -2.15. The average Bonchev–Trinajstić information content (AvgIpc) is 2.34. The second-order valence-electron chi connectivity index (χ2n) is 4.08. The van der Waals surface area contributed by atoms with Gasteiger partial charge in [0.15, 0.2) is 0 Å². The smallest absolute Gasteiger partial charge is 0.416 e. The summed E-state index contributed by atoms with van der Waals surface area (Å²) < 4.78 is 79.9. The fourth-order valence-electron chi connectivity index (χ4n) is 1.54. The van der Waals surface area contributed by atoms with Crippen molar-refractivity contribution < 1.29 is 35.9 Å². The van der Waals surface area contributed by atoms with Crippen molar-refractivity contribution in [3.63, 3.8) is 0 Å². The minimum absolute atomic E-state index is 0. The molecule has 0 heterocycles. The Kier molecular flexibility index (Phi) is 6.10. The van der Waals surface area contributed by atoms with Gasteiger partial charge in [-0.15, -0.1) is 12.4 Å². The molecule has 0 saturated carbocycles. The third-order valence-corrected chi connectivity index (χ3v) is 2.66. The Morgan fingerprint density at radius 2 is 1.38 bits per heavy atom. The van der Waals surface area contributed by atoms with Gasteiger partial charge >= 0.3 is 18.3 Å². The number of carbonyl (C=O) groups is 1. The van der Waals surface area contributed by atoms with E-state index in [2.05, 4.69) is 4.74 Å². The molecule has 2 nitrogen and oxygen atoms in total. The van der Waals surface area contributed by atoms with E-state index in [1.165, 1.54) is 6.92 Å². The number of halogens is 7. The fourth-order valence-corrected chi connectivity index (χ4v) is 1.54. The minimum atomic E-state index is -4.94. The lowest BCUT2D eigenvalue weighted by atomic mass is 9.96. The Morgan fingerprint density at radius 1 is 1.00 bits per heavy atom. The lowest BCUT2D eigenvalue weighted by molar-refractivity contribution is -0.145. The van der Waals surface area contributed by atoms with Gasteiger partial charge in [0.05, 0.1) is 24.2 Å². The summed E-state index contributed by atoms with van der Waals surface area (Å²) >= 11 is 0. The number of hydrogen-bond acceptors (Lipinski definition) is 2. The normalized spacial score (nSPS) is 13.3. The first-order valence-electron chi connectivity index (χ1n) is 5.34. The number of rotatable bonds is 2. The predicted molar refractivity (Wildman–Crippen MR) is 64.1 cm³/mol. The molecule has 0 radical (unpaired) electrons. The van der Waals surface area contributed by atoms with Crippen molar-refractivity contribution in [3.8, 4) is 0 Å². The summed E-state index contributed by atoms with van der Waals surface area (Å²) in [7, 11) is 0.997. The van der Waals surface area contributed by atoms with Crippen LogP contribution in [0.1, 0.15) is 29.5 Å². The van der Waals surface area contributed by atoms with Gasteiger partial charge in [0.1, 0.15) is 0 Å². The van der Waals surface area contributed by atoms with Crippen LogP contribution in [0.2, 0.25) is 0 Å². The molecule has 21 heavy (non-hydrogen) atoms. The number of alkyl halides is 6. The Hall–Kier alpha value is -1.44. The largest absolute Gasteiger partial charge is 0.469 e. The maximum absolute atomic E-state index is 12.6. The maximum Gasteiger partial charge on any atom is 0.416 e. The molecule has 0 aliphatic carbocycles. The van der Waals surface area contributed by atoms with Crippen LogP contribution < -0.4 is 0 Å². The summed E-state index contributed by atoms with van der Waals surface area (Å²) in [4.78, 5) is 11.2. The molecule has 1 aromatic carbocycles. The van der Waals surface area contributed by atoms with E-state index in [1.54, 1.807) is 0 Å². The molecule has 1 rings (SSSR count). The summed E-state index contributed by atoms with van der Waals surface area (Å²) in [6, 6.07) is 1.03. The van der Waals surface area contributed by atoms with E-state index in [0.29, 0.717) is 12.1 Å². The predicted octanol–water partition coefficient (Wildman–Crippen LogP) is 4.42. The molecule has 0 aliphatic heterocycles. The van der Waals surface area contributed by atoms with Crippen LogP contribution in [0, 0.1) is 0 Å². The number of carbonyl (C=O) groups excluding carboxylic acids is 1. The van der Waals surface area contributed by atoms with Crippen LogP contribution in [0.5, 0.6) is 0 Å². The fraction of sp³-hybridized carbons (Fsp3) is 0.417. The van der Waals surface area contributed by atoms with E-state index in [4.69, 9.17) is 0 Å². The zero-order chi connectivity index (χ0) is 15.7. The Balaban J connectivity index is 0.00000400. The maximum atomic E-state index is 12.6. The highest BCUT2D eigenvalue weighted by atomic mass is 35.5. The Bertz CT molecular complexity index is 477. The zero-order valence-electron chi connectivity index (χ0n) is 10.8. The highest BCUT2D eigenvalue weighted by Gasteiger charge is 2.37. The first-order valence-corrected chi connectivity index (χ1v) is 5.34. The molecule has 0 amide bonds. The Morgan fingerprint density at radius 3 is 1.67 bits per heavy atom. The molecule has 9 heteroatoms. The van der Waals surface area contributed by atoms with Crippen molar-refractivity contribution in [2.75, 3.05) is 7.11 Å². The molecule has 1 aromatic rings. The van der Waals surface area contributed by atoms with Gasteiger partial charge in [-0.05, 0) is 30.7 Å². The van der Waals surface area contributed by atoms with Gasteiger partial charge in [-0.1, -0.05) is 0 Å². The van der Waals surface area contributed by atoms with Crippen molar-refractivity contribution in [2.45, 2.75) is 25.2 Å². The van der Waals surface area contributed by atoms with Gasteiger partial charge < -0.3 is 4.74 Å². The molecule has 0 spiro atoms. The second kappa shape index (κ2) is 6.55. The van der Waals surface area contributed by atoms with Crippen molar-refractivity contribution in [3.05, 3.63) is 34.9 Å². The van der Waals surface area contributed by atoms with Crippen LogP contribution in [0.3, 0.4) is 0 Å². The zero-order valence-corrected chi connectivity index (χ0v) is 11.6. The highest BCUT2D eigenvalue weighted by Crippen LogP contribution is 2.37. The van der Waals surface area contributed by atoms with Crippen LogP contribution in [-0.2, 0) is 21.9 Å². The molecule has 120 valence electrons. The lowest BCUT2D eigenvalue weighted by Gasteiger charge is -2.16. The van der Waals surface area contributed by atoms with Gasteiger partial charge in [0.2, 0.25) is 0 Å². The first kappa shape index (κ1) is 19.6.